The lowest BCUT2D eigenvalue weighted by Crippen LogP contribution is -2.48. The number of hydrogen-bond acceptors (Lipinski definition) is 5. The van der Waals surface area contributed by atoms with Gasteiger partial charge in [-0.25, -0.2) is 0 Å². The molecule has 0 bridgehead atoms. The van der Waals surface area contributed by atoms with Gasteiger partial charge in [0.25, 0.3) is 0 Å². The predicted octanol–water partition coefficient (Wildman–Crippen LogP) is 2.83. The van der Waals surface area contributed by atoms with E-state index in [0.29, 0.717) is 12.6 Å². The Morgan fingerprint density at radius 2 is 1.96 bits per heavy atom. The van der Waals surface area contributed by atoms with Crippen molar-refractivity contribution >= 4 is 5.69 Å². The van der Waals surface area contributed by atoms with Crippen molar-refractivity contribution in [1.82, 2.24) is 4.90 Å². The Labute approximate surface area is 145 Å². The summed E-state index contributed by atoms with van der Waals surface area (Å²) in [6.07, 6.45) is 3.90. The number of anilines is 1. The minimum absolute atomic E-state index is 0.293. The van der Waals surface area contributed by atoms with Gasteiger partial charge in [-0.05, 0) is 37.5 Å². The maximum absolute atomic E-state index is 6.12. The minimum Gasteiger partial charge on any atom is -0.491 e. The van der Waals surface area contributed by atoms with Crippen LogP contribution >= 0.6 is 0 Å². The van der Waals surface area contributed by atoms with Gasteiger partial charge < -0.3 is 19.9 Å². The fraction of sp³-hybridized carbons (Fsp3) is 0.684. The normalized spacial score (nSPS) is 21.9. The van der Waals surface area contributed by atoms with E-state index < -0.39 is 0 Å². The third-order valence-corrected chi connectivity index (χ3v) is 5.06. The van der Waals surface area contributed by atoms with Crippen LogP contribution in [0.3, 0.4) is 0 Å². The summed E-state index contributed by atoms with van der Waals surface area (Å²) in [7, 11) is 0. The van der Waals surface area contributed by atoms with Crippen LogP contribution in [0, 0.1) is 0 Å². The maximum Gasteiger partial charge on any atom is 0.170 e. The molecule has 3 rings (SSSR count). The van der Waals surface area contributed by atoms with Crippen LogP contribution in [0.2, 0.25) is 0 Å². The van der Waals surface area contributed by atoms with Crippen LogP contribution in [0.4, 0.5) is 5.69 Å². The molecule has 2 fully saturated rings. The molecule has 0 radical (unpaired) electrons. The number of hydrogen-bond donors (Lipinski definition) is 1. The lowest BCUT2D eigenvalue weighted by Gasteiger charge is -2.40. The number of rotatable bonds is 6. The molecule has 0 saturated carbocycles. The summed E-state index contributed by atoms with van der Waals surface area (Å²) in [6, 6.07) is 6.66. The Morgan fingerprint density at radius 1 is 1.25 bits per heavy atom. The van der Waals surface area contributed by atoms with Crippen LogP contribution in [-0.2, 0) is 15.9 Å². The number of benzene rings is 1. The highest BCUT2D eigenvalue weighted by molar-refractivity contribution is 5.54. The zero-order valence-electron chi connectivity index (χ0n) is 14.9. The molecular weight excluding hydrogens is 304 g/mol. The van der Waals surface area contributed by atoms with E-state index >= 15 is 0 Å². The number of nitrogens with zero attached hydrogens (tertiary/aromatic N) is 1. The zero-order chi connectivity index (χ0) is 17.0. The summed E-state index contributed by atoms with van der Waals surface area (Å²) in [4.78, 5) is 2.52. The van der Waals surface area contributed by atoms with Gasteiger partial charge in [0, 0.05) is 32.0 Å². The summed E-state index contributed by atoms with van der Waals surface area (Å²) in [6.45, 7) is 8.60. The van der Waals surface area contributed by atoms with Gasteiger partial charge in [-0.15, -0.1) is 0 Å². The van der Waals surface area contributed by atoms with E-state index in [0.717, 1.165) is 63.4 Å². The van der Waals surface area contributed by atoms with Crippen molar-refractivity contribution in [3.8, 4) is 5.75 Å². The molecule has 134 valence electrons. The van der Waals surface area contributed by atoms with Crippen molar-refractivity contribution in [2.24, 2.45) is 0 Å². The SMILES string of the molecule is CCCOc1ccc(CC(C)N2CCC3(CC2)OCCO3)cc1N. The van der Waals surface area contributed by atoms with Crippen LogP contribution < -0.4 is 10.5 Å². The van der Waals surface area contributed by atoms with Gasteiger partial charge >= 0.3 is 0 Å². The molecule has 1 unspecified atom stereocenters. The van der Waals surface area contributed by atoms with Gasteiger partial charge in [-0.3, -0.25) is 4.90 Å². The fourth-order valence-corrected chi connectivity index (χ4v) is 3.63. The first-order valence-electron chi connectivity index (χ1n) is 9.15. The molecule has 0 amide bonds. The first kappa shape index (κ1) is 17.5. The van der Waals surface area contributed by atoms with E-state index in [9.17, 15) is 0 Å². The number of piperidine rings is 1. The second kappa shape index (κ2) is 7.72. The number of likely N-dealkylation sites (tertiary alicyclic amines) is 1. The highest BCUT2D eigenvalue weighted by atomic mass is 16.7. The molecule has 5 heteroatoms. The summed E-state index contributed by atoms with van der Waals surface area (Å²) in [5.41, 5.74) is 8.12. The molecule has 1 aromatic carbocycles. The molecule has 5 nitrogen and oxygen atoms in total. The van der Waals surface area contributed by atoms with Gasteiger partial charge in [0.05, 0.1) is 25.5 Å². The van der Waals surface area contributed by atoms with Crippen molar-refractivity contribution in [3.05, 3.63) is 23.8 Å². The Balaban J connectivity index is 1.53. The Hall–Kier alpha value is -1.30. The molecule has 2 N–H and O–H groups in total. The van der Waals surface area contributed by atoms with Gasteiger partial charge in [0.1, 0.15) is 5.75 Å². The lowest BCUT2D eigenvalue weighted by molar-refractivity contribution is -0.187. The first-order chi connectivity index (χ1) is 11.6. The first-order valence-corrected chi connectivity index (χ1v) is 9.15. The Kier molecular flexibility index (Phi) is 5.64. The van der Waals surface area contributed by atoms with Crippen LogP contribution in [0.15, 0.2) is 18.2 Å². The van der Waals surface area contributed by atoms with Crippen molar-refractivity contribution < 1.29 is 14.2 Å². The standard InChI is InChI=1S/C19H30N2O3/c1-3-10-22-18-5-4-16(14-17(18)20)13-15(2)21-8-6-19(7-9-21)23-11-12-24-19/h4-5,14-15H,3,6-13,20H2,1-2H3. The average Bonchev–Trinajstić information content (AvgIpc) is 3.03. The molecule has 0 aliphatic carbocycles. The number of ether oxygens (including phenoxy) is 3. The minimum atomic E-state index is -0.293. The predicted molar refractivity (Wildman–Crippen MR) is 95.2 cm³/mol. The molecule has 2 heterocycles. The van der Waals surface area contributed by atoms with Gasteiger partial charge in [0.2, 0.25) is 0 Å². The molecule has 2 saturated heterocycles. The fourth-order valence-electron chi connectivity index (χ4n) is 3.63. The Bertz CT molecular complexity index is 533. The van der Waals surface area contributed by atoms with Crippen molar-refractivity contribution in [1.29, 1.82) is 0 Å². The topological polar surface area (TPSA) is 57.0 Å². The van der Waals surface area contributed by atoms with Gasteiger partial charge in [-0.1, -0.05) is 13.0 Å². The van der Waals surface area contributed by atoms with Crippen molar-refractivity contribution in [2.75, 3.05) is 38.6 Å². The van der Waals surface area contributed by atoms with Gasteiger partial charge in [-0.2, -0.15) is 0 Å². The molecule has 1 spiro atoms. The van der Waals surface area contributed by atoms with Gasteiger partial charge in [0.15, 0.2) is 5.79 Å². The highest BCUT2D eigenvalue weighted by Crippen LogP contribution is 2.32. The summed E-state index contributed by atoms with van der Waals surface area (Å²) in [5, 5.41) is 0. The quantitative estimate of drug-likeness (QED) is 0.811. The van der Waals surface area contributed by atoms with E-state index in [1.165, 1.54) is 5.56 Å². The average molecular weight is 334 g/mol. The maximum atomic E-state index is 6.12. The van der Waals surface area contributed by atoms with Crippen molar-refractivity contribution in [2.45, 2.75) is 51.4 Å². The van der Waals surface area contributed by atoms with E-state index in [1.807, 2.05) is 6.07 Å². The molecule has 1 atom stereocenters. The van der Waals surface area contributed by atoms with Crippen LogP contribution in [0.25, 0.3) is 0 Å². The molecule has 24 heavy (non-hydrogen) atoms. The molecule has 0 aromatic heterocycles. The summed E-state index contributed by atoms with van der Waals surface area (Å²) in [5.74, 6) is 0.502. The summed E-state index contributed by atoms with van der Waals surface area (Å²) < 4.78 is 17.3. The third-order valence-electron chi connectivity index (χ3n) is 5.06. The molecule has 1 aromatic rings. The molecule has 2 aliphatic heterocycles. The largest absolute Gasteiger partial charge is 0.491 e. The van der Waals surface area contributed by atoms with Crippen LogP contribution in [0.1, 0.15) is 38.7 Å². The molecular formula is C19H30N2O3. The monoisotopic (exact) mass is 334 g/mol. The highest BCUT2D eigenvalue weighted by Gasteiger charge is 2.40. The Morgan fingerprint density at radius 3 is 2.58 bits per heavy atom. The van der Waals surface area contributed by atoms with Crippen molar-refractivity contribution in [3.63, 3.8) is 0 Å². The lowest BCUT2D eigenvalue weighted by atomic mass is 9.99. The number of nitrogen functional groups attached to an aromatic ring is 1. The third kappa shape index (κ3) is 4.02. The zero-order valence-corrected chi connectivity index (χ0v) is 14.9. The molecule has 2 aliphatic rings. The smallest absolute Gasteiger partial charge is 0.170 e. The number of nitrogens with two attached hydrogens (primary N) is 1. The van der Waals surface area contributed by atoms with E-state index in [2.05, 4.69) is 30.9 Å². The van der Waals surface area contributed by atoms with E-state index in [1.54, 1.807) is 0 Å². The summed E-state index contributed by atoms with van der Waals surface area (Å²) >= 11 is 0. The van der Waals surface area contributed by atoms with E-state index in [-0.39, 0.29) is 5.79 Å². The van der Waals surface area contributed by atoms with Crippen LogP contribution in [-0.4, -0.2) is 49.6 Å². The van der Waals surface area contributed by atoms with E-state index in [4.69, 9.17) is 19.9 Å². The second-order valence-corrected chi connectivity index (χ2v) is 6.92. The van der Waals surface area contributed by atoms with Crippen LogP contribution in [0.5, 0.6) is 5.75 Å². The second-order valence-electron chi connectivity index (χ2n) is 6.92.